The van der Waals surface area contributed by atoms with Gasteiger partial charge >= 0.3 is 0 Å². The Kier molecular flexibility index (Phi) is 3.27. The molecule has 0 atom stereocenters. The van der Waals surface area contributed by atoms with Gasteiger partial charge in [0.25, 0.3) is 5.88 Å². The van der Waals surface area contributed by atoms with Crippen molar-refractivity contribution in [3.8, 4) is 11.6 Å². The topological polar surface area (TPSA) is 78.3 Å². The molecule has 0 fully saturated rings. The zero-order valence-electron chi connectivity index (χ0n) is 11.7. The lowest BCUT2D eigenvalue weighted by Gasteiger charge is -2.10. The number of nitrogens with zero attached hydrogens (tertiary/aromatic N) is 4. The number of anilines is 1. The first-order chi connectivity index (χ1) is 10.2. The molecule has 2 aromatic heterocycles. The lowest BCUT2D eigenvalue weighted by molar-refractivity contribution is 0.460. The van der Waals surface area contributed by atoms with Gasteiger partial charge in [0.2, 0.25) is 5.65 Å². The first-order valence-corrected chi connectivity index (χ1v) is 6.52. The van der Waals surface area contributed by atoms with Crippen LogP contribution in [0.5, 0.6) is 11.6 Å². The molecule has 0 amide bonds. The smallest absolute Gasteiger partial charge is 0.265 e. The number of aromatic nitrogens is 4. The van der Waals surface area contributed by atoms with Gasteiger partial charge in [0, 0.05) is 23.6 Å². The fourth-order valence-electron chi connectivity index (χ4n) is 2.11. The molecule has 0 saturated carbocycles. The molecule has 106 valence electrons. The van der Waals surface area contributed by atoms with Gasteiger partial charge in [0.15, 0.2) is 0 Å². The summed E-state index contributed by atoms with van der Waals surface area (Å²) in [5.41, 5.74) is 8.03. The maximum Gasteiger partial charge on any atom is 0.265 e. The van der Waals surface area contributed by atoms with Crippen molar-refractivity contribution in [3.63, 3.8) is 0 Å². The highest BCUT2D eigenvalue weighted by molar-refractivity contribution is 5.53. The average Bonchev–Trinajstić information content (AvgIpc) is 2.85. The number of allylic oxidation sites excluding steroid dienone is 1. The van der Waals surface area contributed by atoms with Gasteiger partial charge in [0.05, 0.1) is 0 Å². The van der Waals surface area contributed by atoms with E-state index in [-0.39, 0.29) is 0 Å². The first-order valence-electron chi connectivity index (χ1n) is 6.52. The molecule has 0 radical (unpaired) electrons. The summed E-state index contributed by atoms with van der Waals surface area (Å²) in [7, 11) is 0. The molecule has 0 unspecified atom stereocenters. The molecule has 1 aromatic carbocycles. The highest BCUT2D eigenvalue weighted by Gasteiger charge is 2.12. The summed E-state index contributed by atoms with van der Waals surface area (Å²) in [6.45, 7) is 5.62. The molecule has 0 aliphatic heterocycles. The van der Waals surface area contributed by atoms with Crippen LogP contribution < -0.4 is 10.5 Å². The van der Waals surface area contributed by atoms with Crippen LogP contribution >= 0.6 is 0 Å². The fourth-order valence-corrected chi connectivity index (χ4v) is 2.11. The van der Waals surface area contributed by atoms with E-state index in [9.17, 15) is 0 Å². The van der Waals surface area contributed by atoms with Gasteiger partial charge in [-0.05, 0) is 31.5 Å². The highest BCUT2D eigenvalue weighted by Crippen LogP contribution is 2.28. The number of fused-ring (bicyclic) bond motifs is 1. The third-order valence-electron chi connectivity index (χ3n) is 3.12. The van der Waals surface area contributed by atoms with Crippen molar-refractivity contribution in [3.05, 3.63) is 54.6 Å². The van der Waals surface area contributed by atoms with Crippen molar-refractivity contribution >= 4 is 11.3 Å². The van der Waals surface area contributed by atoms with Crippen LogP contribution in [0.2, 0.25) is 0 Å². The molecular weight excluding hydrogens is 266 g/mol. The molecule has 3 aromatic rings. The largest absolute Gasteiger partial charge is 0.436 e. The van der Waals surface area contributed by atoms with Crippen molar-refractivity contribution in [1.29, 1.82) is 0 Å². The van der Waals surface area contributed by atoms with E-state index >= 15 is 0 Å². The van der Waals surface area contributed by atoms with E-state index in [1.165, 1.54) is 0 Å². The van der Waals surface area contributed by atoms with Crippen LogP contribution in [0.1, 0.15) is 11.4 Å². The van der Waals surface area contributed by atoms with Crippen molar-refractivity contribution in [1.82, 2.24) is 19.6 Å². The Morgan fingerprint density at radius 1 is 1.38 bits per heavy atom. The van der Waals surface area contributed by atoms with Gasteiger partial charge in [-0.15, -0.1) is 16.8 Å². The van der Waals surface area contributed by atoms with Crippen molar-refractivity contribution in [2.75, 3.05) is 5.73 Å². The summed E-state index contributed by atoms with van der Waals surface area (Å²) in [6.07, 6.45) is 5.92. The predicted molar refractivity (Wildman–Crippen MR) is 80.3 cm³/mol. The van der Waals surface area contributed by atoms with Crippen LogP contribution in [0.4, 0.5) is 5.69 Å². The van der Waals surface area contributed by atoms with Crippen LogP contribution in [0, 0.1) is 6.92 Å². The number of hydrogen-bond acceptors (Lipinski definition) is 5. The second kappa shape index (κ2) is 5.24. The van der Waals surface area contributed by atoms with E-state index in [1.54, 1.807) is 24.5 Å². The van der Waals surface area contributed by atoms with Crippen LogP contribution in [0.15, 0.2) is 43.2 Å². The van der Waals surface area contributed by atoms with Gasteiger partial charge in [0.1, 0.15) is 11.6 Å². The number of aryl methyl sites for hydroxylation is 1. The Labute approximate surface area is 121 Å². The molecule has 3 rings (SSSR count). The predicted octanol–water partition coefficient (Wildman–Crippen LogP) is 2.54. The quantitative estimate of drug-likeness (QED) is 0.587. The molecule has 0 spiro atoms. The number of rotatable bonds is 4. The zero-order chi connectivity index (χ0) is 14.8. The minimum Gasteiger partial charge on any atom is -0.436 e. The lowest BCUT2D eigenvalue weighted by Crippen LogP contribution is -1.98. The Hall–Kier alpha value is -2.89. The van der Waals surface area contributed by atoms with Crippen LogP contribution in [0.25, 0.3) is 5.65 Å². The average molecular weight is 281 g/mol. The summed E-state index contributed by atoms with van der Waals surface area (Å²) >= 11 is 0. The van der Waals surface area contributed by atoms with E-state index in [4.69, 9.17) is 10.5 Å². The van der Waals surface area contributed by atoms with Gasteiger partial charge in [-0.1, -0.05) is 6.08 Å². The number of hydrogen-bond donors (Lipinski definition) is 1. The second-order valence-corrected chi connectivity index (χ2v) is 4.64. The molecule has 2 N–H and O–H groups in total. The minimum atomic E-state index is 0.410. The summed E-state index contributed by atoms with van der Waals surface area (Å²) < 4.78 is 7.73. The number of nitrogens with two attached hydrogens (primary N) is 1. The van der Waals surface area contributed by atoms with Crippen LogP contribution in [0.3, 0.4) is 0 Å². The molecule has 2 heterocycles. The van der Waals surface area contributed by atoms with Gasteiger partial charge in [-0.3, -0.25) is 4.40 Å². The number of benzene rings is 1. The van der Waals surface area contributed by atoms with Crippen molar-refractivity contribution in [2.45, 2.75) is 13.3 Å². The van der Waals surface area contributed by atoms with Crippen LogP contribution in [-0.2, 0) is 6.42 Å². The Morgan fingerprint density at radius 2 is 2.24 bits per heavy atom. The molecule has 0 aliphatic carbocycles. The Bertz CT molecular complexity index is 809. The normalized spacial score (nSPS) is 10.7. The van der Waals surface area contributed by atoms with E-state index in [1.807, 2.05) is 23.5 Å². The van der Waals surface area contributed by atoms with Crippen LogP contribution in [-0.4, -0.2) is 19.6 Å². The van der Waals surface area contributed by atoms with E-state index < -0.39 is 0 Å². The summed E-state index contributed by atoms with van der Waals surface area (Å²) in [5.74, 6) is 1.87. The first kappa shape index (κ1) is 13.1. The third kappa shape index (κ3) is 2.43. The minimum absolute atomic E-state index is 0.410. The summed E-state index contributed by atoms with van der Waals surface area (Å²) in [5, 5.41) is 8.12. The molecule has 6 nitrogen and oxygen atoms in total. The molecule has 0 aliphatic rings. The van der Waals surface area contributed by atoms with Gasteiger partial charge in [-0.25, -0.2) is 4.98 Å². The standard InChI is InChI=1S/C15H15N5O/c1-3-4-11-9-12(16)5-6-13(11)21-15-14-19-18-10(2)20(14)8-7-17-15/h3,5-9H,1,4,16H2,2H3. The van der Waals surface area contributed by atoms with E-state index in [2.05, 4.69) is 21.8 Å². The Balaban J connectivity index is 2.04. The lowest BCUT2D eigenvalue weighted by atomic mass is 10.1. The van der Waals surface area contributed by atoms with Crippen molar-refractivity contribution < 1.29 is 4.74 Å². The fraction of sp³-hybridized carbons (Fsp3) is 0.133. The Morgan fingerprint density at radius 3 is 3.05 bits per heavy atom. The van der Waals surface area contributed by atoms with Gasteiger partial charge < -0.3 is 10.5 Å². The molecule has 21 heavy (non-hydrogen) atoms. The highest BCUT2D eigenvalue weighted by atomic mass is 16.5. The van der Waals surface area contributed by atoms with E-state index in [0.717, 1.165) is 11.4 Å². The second-order valence-electron chi connectivity index (χ2n) is 4.64. The number of nitrogen functional groups attached to an aromatic ring is 1. The molecule has 6 heteroatoms. The summed E-state index contributed by atoms with van der Waals surface area (Å²) in [4.78, 5) is 4.24. The van der Waals surface area contributed by atoms with Crippen molar-refractivity contribution in [2.24, 2.45) is 0 Å². The zero-order valence-corrected chi connectivity index (χ0v) is 11.7. The number of ether oxygens (including phenoxy) is 1. The van der Waals surface area contributed by atoms with E-state index in [0.29, 0.717) is 29.4 Å². The summed E-state index contributed by atoms with van der Waals surface area (Å²) in [6, 6.07) is 5.48. The molecule has 0 saturated heterocycles. The maximum absolute atomic E-state index is 5.91. The molecular formula is C15H15N5O. The molecule has 0 bridgehead atoms. The maximum atomic E-state index is 5.91. The monoisotopic (exact) mass is 281 g/mol. The SMILES string of the molecule is C=CCc1cc(N)ccc1Oc1nccn2c(C)nnc12. The third-order valence-corrected chi connectivity index (χ3v) is 3.12. The van der Waals surface area contributed by atoms with Gasteiger partial charge in [-0.2, -0.15) is 0 Å².